The average molecular weight is 440 g/mol. The van der Waals surface area contributed by atoms with Crippen LogP contribution in [0.25, 0.3) is 11.2 Å². The first-order valence-corrected chi connectivity index (χ1v) is 10.3. The number of imidazole rings is 1. The van der Waals surface area contributed by atoms with Gasteiger partial charge in [-0.1, -0.05) is 17.7 Å². The van der Waals surface area contributed by atoms with Crippen molar-refractivity contribution in [1.29, 1.82) is 0 Å². The summed E-state index contributed by atoms with van der Waals surface area (Å²) in [6, 6.07) is 3.58. The summed E-state index contributed by atoms with van der Waals surface area (Å²) in [5.41, 5.74) is 7.72. The van der Waals surface area contributed by atoms with Crippen LogP contribution in [0.15, 0.2) is 28.5 Å². The Morgan fingerprint density at radius 2 is 2.19 bits per heavy atom. The molecule has 4 rings (SSSR count). The monoisotopic (exact) mass is 440 g/mol. The van der Waals surface area contributed by atoms with Gasteiger partial charge in [-0.15, -0.1) is 6.42 Å². The van der Waals surface area contributed by atoms with E-state index < -0.39 is 12.0 Å². The Morgan fingerprint density at radius 1 is 1.42 bits per heavy atom. The third kappa shape index (κ3) is 4.21. The maximum absolute atomic E-state index is 11.6. The second-order valence-electron chi connectivity index (χ2n) is 6.75. The van der Waals surface area contributed by atoms with Crippen LogP contribution in [0.3, 0.4) is 0 Å². The molecule has 3 heterocycles. The predicted molar refractivity (Wildman–Crippen MR) is 114 cm³/mol. The molecule has 11 heteroatoms. The minimum absolute atomic E-state index is 0.149. The summed E-state index contributed by atoms with van der Waals surface area (Å²) in [4.78, 5) is 25.3. The number of hydrogen-bond donors (Lipinski definition) is 3. The minimum Gasteiger partial charge on any atom is -0.454 e. The molecule has 0 spiro atoms. The highest BCUT2D eigenvalue weighted by Crippen LogP contribution is 2.41. The summed E-state index contributed by atoms with van der Waals surface area (Å²) < 4.78 is 12.8. The molecule has 0 saturated heterocycles. The highest BCUT2D eigenvalue weighted by molar-refractivity contribution is 7.99. The number of terminal acetylenes is 1. The van der Waals surface area contributed by atoms with Crippen molar-refractivity contribution >= 4 is 34.7 Å². The van der Waals surface area contributed by atoms with Crippen LogP contribution in [0, 0.1) is 12.3 Å². The van der Waals surface area contributed by atoms with Gasteiger partial charge in [0.25, 0.3) is 0 Å². The second kappa shape index (κ2) is 8.71. The zero-order valence-corrected chi connectivity index (χ0v) is 17.5. The number of amides is 1. The number of nitrogen functional groups attached to an aromatic ring is 1. The number of nitrogens with zero attached hydrogens (tertiary/aromatic N) is 4. The van der Waals surface area contributed by atoms with Crippen LogP contribution in [0.1, 0.15) is 18.9 Å². The number of nitrogens with two attached hydrogens (primary N) is 1. The smallest absolute Gasteiger partial charge is 0.248 e. The molecule has 0 fully saturated rings. The molecule has 0 saturated carbocycles. The van der Waals surface area contributed by atoms with E-state index in [9.17, 15) is 9.90 Å². The van der Waals surface area contributed by atoms with Crippen molar-refractivity contribution in [3.05, 3.63) is 24.0 Å². The summed E-state index contributed by atoms with van der Waals surface area (Å²) in [6.45, 7) is 2.46. The number of hydrogen-bond acceptors (Lipinski definition) is 9. The molecule has 0 unspecified atom stereocenters. The molecule has 1 aromatic carbocycles. The largest absolute Gasteiger partial charge is 0.454 e. The van der Waals surface area contributed by atoms with Crippen molar-refractivity contribution in [2.45, 2.75) is 36.0 Å². The van der Waals surface area contributed by atoms with Gasteiger partial charge in [-0.2, -0.15) is 0 Å². The molecule has 0 bridgehead atoms. The molecule has 160 valence electrons. The SMILES string of the molecule is C#Cc1cc2c(cc1Sc1nc3c(N)ncnc3n1CCCNC(=O)[C@H](C)O)OCO2. The molecule has 0 aliphatic carbocycles. The van der Waals surface area contributed by atoms with Gasteiger partial charge in [-0.3, -0.25) is 4.79 Å². The number of nitrogens with one attached hydrogen (secondary N) is 1. The van der Waals surface area contributed by atoms with Crippen LogP contribution >= 0.6 is 11.8 Å². The second-order valence-corrected chi connectivity index (χ2v) is 7.75. The third-order valence-corrected chi connectivity index (χ3v) is 5.65. The van der Waals surface area contributed by atoms with Crippen molar-refractivity contribution in [3.63, 3.8) is 0 Å². The summed E-state index contributed by atoms with van der Waals surface area (Å²) in [5, 5.41) is 12.6. The number of carbonyl (C=O) groups excluding carboxylic acids is 1. The topological polar surface area (TPSA) is 137 Å². The fraction of sp³-hybridized carbons (Fsp3) is 0.300. The van der Waals surface area contributed by atoms with Crippen molar-refractivity contribution in [3.8, 4) is 23.8 Å². The zero-order chi connectivity index (χ0) is 22.0. The van der Waals surface area contributed by atoms with E-state index in [1.54, 1.807) is 6.07 Å². The maximum Gasteiger partial charge on any atom is 0.248 e. The molecule has 1 aliphatic rings. The van der Waals surface area contributed by atoms with E-state index in [1.807, 2.05) is 10.6 Å². The van der Waals surface area contributed by atoms with Crippen LogP contribution in [0.2, 0.25) is 0 Å². The number of rotatable bonds is 7. The number of aryl methyl sites for hydroxylation is 1. The van der Waals surface area contributed by atoms with E-state index >= 15 is 0 Å². The molecule has 1 aliphatic heterocycles. The van der Waals surface area contributed by atoms with E-state index in [2.05, 4.69) is 26.2 Å². The molecular weight excluding hydrogens is 420 g/mol. The molecule has 1 atom stereocenters. The van der Waals surface area contributed by atoms with E-state index in [-0.39, 0.29) is 12.6 Å². The molecule has 3 aromatic rings. The van der Waals surface area contributed by atoms with Crippen LogP contribution in [-0.2, 0) is 11.3 Å². The number of aromatic nitrogens is 4. The molecule has 31 heavy (non-hydrogen) atoms. The van der Waals surface area contributed by atoms with Crippen LogP contribution in [0.4, 0.5) is 5.82 Å². The number of aliphatic hydroxyl groups excluding tert-OH is 1. The normalized spacial score (nSPS) is 13.2. The maximum atomic E-state index is 11.6. The molecule has 2 aromatic heterocycles. The standard InChI is InChI=1S/C20H20N6O4S/c1-3-12-7-13-14(30-10-29-13)8-15(12)31-20-25-16-17(21)23-9-24-18(16)26(20)6-4-5-22-19(28)11(2)27/h1,7-9,11,27H,4-6,10H2,2H3,(H,22,28)(H2,21,23,24)/t11-/m0/s1. The first kappa shape index (κ1) is 20.8. The minimum atomic E-state index is -1.05. The van der Waals surface area contributed by atoms with E-state index in [1.165, 1.54) is 25.0 Å². The van der Waals surface area contributed by atoms with Crippen molar-refractivity contribution in [1.82, 2.24) is 24.8 Å². The van der Waals surface area contributed by atoms with Gasteiger partial charge < -0.3 is 30.2 Å². The highest BCUT2D eigenvalue weighted by atomic mass is 32.2. The Morgan fingerprint density at radius 3 is 2.94 bits per heavy atom. The summed E-state index contributed by atoms with van der Waals surface area (Å²) in [7, 11) is 0. The predicted octanol–water partition coefficient (Wildman–Crippen LogP) is 1.16. The molecule has 0 radical (unpaired) electrons. The zero-order valence-electron chi connectivity index (χ0n) is 16.7. The van der Waals surface area contributed by atoms with Gasteiger partial charge in [-0.05, 0) is 19.4 Å². The van der Waals surface area contributed by atoms with Crippen LogP contribution in [0.5, 0.6) is 11.5 Å². The fourth-order valence-electron chi connectivity index (χ4n) is 3.03. The molecular formula is C20H20N6O4S. The fourth-order valence-corrected chi connectivity index (χ4v) is 4.04. The highest BCUT2D eigenvalue weighted by Gasteiger charge is 2.21. The van der Waals surface area contributed by atoms with Crippen molar-refractivity contribution in [2.75, 3.05) is 19.1 Å². The van der Waals surface area contributed by atoms with Gasteiger partial charge in [0.1, 0.15) is 12.4 Å². The number of ether oxygens (including phenoxy) is 2. The Kier molecular flexibility index (Phi) is 5.83. The van der Waals surface area contributed by atoms with Crippen LogP contribution < -0.4 is 20.5 Å². The van der Waals surface area contributed by atoms with Gasteiger partial charge >= 0.3 is 0 Å². The lowest BCUT2D eigenvalue weighted by Gasteiger charge is -2.11. The van der Waals surface area contributed by atoms with Gasteiger partial charge in [0.05, 0.1) is 0 Å². The van der Waals surface area contributed by atoms with Gasteiger partial charge in [0.2, 0.25) is 12.7 Å². The summed E-state index contributed by atoms with van der Waals surface area (Å²) in [6.07, 6.45) is 6.61. The number of carbonyl (C=O) groups is 1. The van der Waals surface area contributed by atoms with E-state index in [0.717, 1.165) is 4.90 Å². The number of benzene rings is 1. The lowest BCUT2D eigenvalue weighted by molar-refractivity contribution is -0.128. The summed E-state index contributed by atoms with van der Waals surface area (Å²) >= 11 is 1.36. The Balaban J connectivity index is 1.63. The average Bonchev–Trinajstić information content (AvgIpc) is 3.35. The van der Waals surface area contributed by atoms with Gasteiger partial charge in [0.15, 0.2) is 33.6 Å². The van der Waals surface area contributed by atoms with Crippen molar-refractivity contribution in [2.24, 2.45) is 0 Å². The number of anilines is 1. The van der Waals surface area contributed by atoms with Crippen LogP contribution in [-0.4, -0.2) is 50.0 Å². The first-order chi connectivity index (χ1) is 15.0. The number of aliphatic hydroxyl groups is 1. The number of fused-ring (bicyclic) bond motifs is 2. The van der Waals surface area contributed by atoms with Gasteiger partial charge in [-0.25, -0.2) is 15.0 Å². The Bertz CT molecular complexity index is 1190. The molecule has 4 N–H and O–H groups in total. The molecule has 10 nitrogen and oxygen atoms in total. The lowest BCUT2D eigenvalue weighted by Crippen LogP contribution is -2.33. The Hall–Kier alpha value is -3.49. The molecule has 1 amide bonds. The van der Waals surface area contributed by atoms with E-state index in [0.29, 0.717) is 52.9 Å². The first-order valence-electron chi connectivity index (χ1n) is 9.48. The third-order valence-electron chi connectivity index (χ3n) is 4.59. The lowest BCUT2D eigenvalue weighted by atomic mass is 10.2. The quantitative estimate of drug-likeness (QED) is 0.365. The van der Waals surface area contributed by atoms with Gasteiger partial charge in [0, 0.05) is 29.6 Å². The Labute approximate surface area is 182 Å². The van der Waals surface area contributed by atoms with E-state index in [4.69, 9.17) is 21.6 Å². The van der Waals surface area contributed by atoms with Crippen molar-refractivity contribution < 1.29 is 19.4 Å². The summed E-state index contributed by atoms with van der Waals surface area (Å²) in [5.74, 6) is 3.74.